The zero-order valence-electron chi connectivity index (χ0n) is 10.9. The molecule has 1 aromatic carbocycles. The summed E-state index contributed by atoms with van der Waals surface area (Å²) in [5.41, 5.74) is 6.33. The summed E-state index contributed by atoms with van der Waals surface area (Å²) in [5.74, 6) is 0.117. The molecule has 3 N–H and O–H groups in total. The standard InChI is InChI=1S/C13H16FN3OS/c1-8(18)16-11-7-9(3-4-10(11)14)13(2)5-6-19-12(15)17-13/h3-4,7H,5-6H2,1-2H3,(H2,15,17)(H,16,18). The molecule has 0 saturated carbocycles. The highest BCUT2D eigenvalue weighted by molar-refractivity contribution is 8.13. The monoisotopic (exact) mass is 281 g/mol. The summed E-state index contributed by atoms with van der Waals surface area (Å²) < 4.78 is 13.6. The molecule has 102 valence electrons. The van der Waals surface area contributed by atoms with Gasteiger partial charge in [-0.15, -0.1) is 0 Å². The fourth-order valence-electron chi connectivity index (χ4n) is 2.04. The highest BCUT2D eigenvalue weighted by Crippen LogP contribution is 2.36. The molecule has 19 heavy (non-hydrogen) atoms. The fourth-order valence-corrected chi connectivity index (χ4v) is 3.02. The van der Waals surface area contributed by atoms with Crippen LogP contribution < -0.4 is 11.1 Å². The van der Waals surface area contributed by atoms with Crippen LogP contribution in [0.3, 0.4) is 0 Å². The molecule has 1 amide bonds. The normalized spacial score (nSPS) is 22.8. The molecule has 1 unspecified atom stereocenters. The van der Waals surface area contributed by atoms with Crippen molar-refractivity contribution in [1.29, 1.82) is 0 Å². The topological polar surface area (TPSA) is 67.5 Å². The quantitative estimate of drug-likeness (QED) is 0.875. The summed E-state index contributed by atoms with van der Waals surface area (Å²) in [7, 11) is 0. The average molecular weight is 281 g/mol. The minimum Gasteiger partial charge on any atom is -0.379 e. The SMILES string of the molecule is CC(=O)Nc1cc(C2(C)CCSC(N)=N2)ccc1F. The van der Waals surface area contributed by atoms with Crippen molar-refractivity contribution in [2.24, 2.45) is 10.7 Å². The largest absolute Gasteiger partial charge is 0.379 e. The van der Waals surface area contributed by atoms with Crippen molar-refractivity contribution in [2.75, 3.05) is 11.1 Å². The van der Waals surface area contributed by atoms with E-state index >= 15 is 0 Å². The van der Waals surface area contributed by atoms with Gasteiger partial charge in [0, 0.05) is 12.7 Å². The summed E-state index contributed by atoms with van der Waals surface area (Å²) in [6, 6.07) is 4.66. The maximum absolute atomic E-state index is 13.6. The van der Waals surface area contributed by atoms with Gasteiger partial charge in [0.1, 0.15) is 5.82 Å². The second-order valence-corrected chi connectivity index (χ2v) is 5.81. The molecular weight excluding hydrogens is 265 g/mol. The molecule has 1 aliphatic rings. The lowest BCUT2D eigenvalue weighted by Crippen LogP contribution is -2.29. The third-order valence-electron chi connectivity index (χ3n) is 3.09. The van der Waals surface area contributed by atoms with Gasteiger partial charge >= 0.3 is 0 Å². The van der Waals surface area contributed by atoms with E-state index in [1.165, 1.54) is 24.8 Å². The molecule has 1 aliphatic heterocycles. The zero-order chi connectivity index (χ0) is 14.0. The first-order valence-electron chi connectivity index (χ1n) is 5.96. The highest BCUT2D eigenvalue weighted by Gasteiger charge is 2.30. The Balaban J connectivity index is 2.40. The molecule has 0 saturated heterocycles. The molecule has 0 bridgehead atoms. The predicted molar refractivity (Wildman–Crippen MR) is 76.8 cm³/mol. The van der Waals surface area contributed by atoms with Gasteiger partial charge in [-0.1, -0.05) is 17.8 Å². The molecule has 0 aromatic heterocycles. The Hall–Kier alpha value is -1.56. The lowest BCUT2D eigenvalue weighted by atomic mass is 9.89. The molecule has 2 rings (SSSR count). The first kappa shape index (κ1) is 13.9. The third kappa shape index (κ3) is 3.07. The van der Waals surface area contributed by atoms with Crippen LogP contribution in [0.2, 0.25) is 0 Å². The summed E-state index contributed by atoms with van der Waals surface area (Å²) in [5, 5.41) is 3.02. The second kappa shape index (κ2) is 5.21. The van der Waals surface area contributed by atoms with E-state index in [1.807, 2.05) is 6.92 Å². The number of amidine groups is 1. The number of thioether (sulfide) groups is 1. The Morgan fingerprint density at radius 3 is 2.95 bits per heavy atom. The number of anilines is 1. The Bertz CT molecular complexity index is 547. The van der Waals surface area contributed by atoms with Crippen LogP contribution in [0, 0.1) is 5.82 Å². The van der Waals surface area contributed by atoms with Crippen molar-refractivity contribution in [3.05, 3.63) is 29.6 Å². The number of rotatable bonds is 2. The predicted octanol–water partition coefficient (Wildman–Crippen LogP) is 2.45. The zero-order valence-corrected chi connectivity index (χ0v) is 11.7. The van der Waals surface area contributed by atoms with E-state index in [2.05, 4.69) is 10.3 Å². The summed E-state index contributed by atoms with van der Waals surface area (Å²) in [4.78, 5) is 15.5. The lowest BCUT2D eigenvalue weighted by molar-refractivity contribution is -0.114. The number of nitrogens with zero attached hydrogens (tertiary/aromatic N) is 1. The third-order valence-corrected chi connectivity index (χ3v) is 3.89. The van der Waals surface area contributed by atoms with Gasteiger partial charge in [-0.3, -0.25) is 9.79 Å². The Labute approximate surface area is 115 Å². The van der Waals surface area contributed by atoms with Crippen LogP contribution in [0.5, 0.6) is 0 Å². The van der Waals surface area contributed by atoms with Crippen LogP contribution in [0.25, 0.3) is 0 Å². The molecule has 0 fully saturated rings. The molecule has 1 aromatic rings. The molecule has 0 aliphatic carbocycles. The second-order valence-electron chi connectivity index (χ2n) is 4.70. The number of aliphatic imine (C=N–C) groups is 1. The van der Waals surface area contributed by atoms with E-state index in [0.29, 0.717) is 5.17 Å². The van der Waals surface area contributed by atoms with Crippen molar-refractivity contribution in [3.63, 3.8) is 0 Å². The minimum absolute atomic E-state index is 0.179. The van der Waals surface area contributed by atoms with E-state index in [-0.39, 0.29) is 11.6 Å². The number of carbonyl (C=O) groups excluding carboxylic acids is 1. The molecule has 1 heterocycles. The number of hydrogen-bond donors (Lipinski definition) is 2. The van der Waals surface area contributed by atoms with Crippen LogP contribution in [0.4, 0.5) is 10.1 Å². The van der Waals surface area contributed by atoms with Gasteiger partial charge in [-0.25, -0.2) is 4.39 Å². The molecule has 1 atom stereocenters. The van der Waals surface area contributed by atoms with E-state index in [4.69, 9.17) is 5.73 Å². The Morgan fingerprint density at radius 1 is 1.58 bits per heavy atom. The van der Waals surface area contributed by atoms with Gasteiger partial charge in [0.2, 0.25) is 5.91 Å². The van der Waals surface area contributed by atoms with E-state index in [0.717, 1.165) is 17.7 Å². The number of amides is 1. The summed E-state index contributed by atoms with van der Waals surface area (Å²) in [6.45, 7) is 3.31. The molecule has 6 heteroatoms. The van der Waals surface area contributed by atoms with Gasteiger partial charge in [0.25, 0.3) is 0 Å². The van der Waals surface area contributed by atoms with Gasteiger partial charge < -0.3 is 11.1 Å². The number of carbonyl (C=O) groups is 1. The van der Waals surface area contributed by atoms with E-state index in [1.54, 1.807) is 12.1 Å². The summed E-state index contributed by atoms with van der Waals surface area (Å²) >= 11 is 1.52. The van der Waals surface area contributed by atoms with Crippen molar-refractivity contribution in [3.8, 4) is 0 Å². The van der Waals surface area contributed by atoms with Crippen LogP contribution in [-0.2, 0) is 10.3 Å². The minimum atomic E-state index is -0.462. The van der Waals surface area contributed by atoms with E-state index < -0.39 is 11.4 Å². The van der Waals surface area contributed by atoms with Crippen LogP contribution in [-0.4, -0.2) is 16.8 Å². The van der Waals surface area contributed by atoms with Crippen molar-refractivity contribution < 1.29 is 9.18 Å². The number of hydrogen-bond acceptors (Lipinski definition) is 4. The smallest absolute Gasteiger partial charge is 0.221 e. The number of nitrogens with one attached hydrogen (secondary N) is 1. The molecule has 4 nitrogen and oxygen atoms in total. The molecule has 0 radical (unpaired) electrons. The lowest BCUT2D eigenvalue weighted by Gasteiger charge is -2.30. The van der Waals surface area contributed by atoms with Crippen LogP contribution in [0.1, 0.15) is 25.8 Å². The first-order valence-corrected chi connectivity index (χ1v) is 6.95. The summed E-state index contributed by atoms with van der Waals surface area (Å²) in [6.07, 6.45) is 0.823. The maximum Gasteiger partial charge on any atom is 0.221 e. The van der Waals surface area contributed by atoms with Crippen LogP contribution >= 0.6 is 11.8 Å². The van der Waals surface area contributed by atoms with E-state index in [9.17, 15) is 9.18 Å². The van der Waals surface area contributed by atoms with Crippen molar-refractivity contribution >= 4 is 28.5 Å². The van der Waals surface area contributed by atoms with Crippen molar-refractivity contribution in [1.82, 2.24) is 0 Å². The maximum atomic E-state index is 13.6. The fraction of sp³-hybridized carbons (Fsp3) is 0.385. The Kier molecular flexibility index (Phi) is 3.80. The molecular formula is C13H16FN3OS. The van der Waals surface area contributed by atoms with Gasteiger partial charge in [-0.05, 0) is 31.0 Å². The van der Waals surface area contributed by atoms with Gasteiger partial charge in [0.05, 0.1) is 11.2 Å². The average Bonchev–Trinajstić information content (AvgIpc) is 2.31. The van der Waals surface area contributed by atoms with Crippen LogP contribution in [0.15, 0.2) is 23.2 Å². The number of halogens is 1. The van der Waals surface area contributed by atoms with Gasteiger partial charge in [-0.2, -0.15) is 0 Å². The highest BCUT2D eigenvalue weighted by atomic mass is 32.2. The first-order chi connectivity index (χ1) is 8.90. The van der Waals surface area contributed by atoms with Gasteiger partial charge in [0.15, 0.2) is 5.17 Å². The number of nitrogens with two attached hydrogens (primary N) is 1. The number of benzene rings is 1. The Morgan fingerprint density at radius 2 is 2.32 bits per heavy atom. The molecule has 0 spiro atoms. The van der Waals surface area contributed by atoms with Crippen molar-refractivity contribution in [2.45, 2.75) is 25.8 Å².